The zero-order chi connectivity index (χ0) is 11.2. The van der Waals surface area contributed by atoms with Crippen molar-refractivity contribution < 1.29 is 14.3 Å². The number of hydrogen-bond donors (Lipinski definition) is 0. The van der Waals surface area contributed by atoms with Gasteiger partial charge in [-0.15, -0.1) is 0 Å². The second-order valence-electron chi connectivity index (χ2n) is 3.98. The van der Waals surface area contributed by atoms with Crippen molar-refractivity contribution in [3.05, 3.63) is 35.9 Å². The molecule has 1 aliphatic rings. The van der Waals surface area contributed by atoms with Gasteiger partial charge in [0, 0.05) is 0 Å². The molecule has 0 unspecified atom stereocenters. The van der Waals surface area contributed by atoms with Gasteiger partial charge in [0.2, 0.25) is 0 Å². The van der Waals surface area contributed by atoms with Crippen molar-refractivity contribution in [2.24, 2.45) is 5.92 Å². The van der Waals surface area contributed by atoms with Crippen LogP contribution in [0.15, 0.2) is 30.3 Å². The molecule has 3 heteroatoms. The Morgan fingerprint density at radius 2 is 1.94 bits per heavy atom. The molecular weight excluding hydrogens is 204 g/mol. The fraction of sp³-hybridized carbons (Fsp3) is 0.462. The van der Waals surface area contributed by atoms with Gasteiger partial charge in [0.25, 0.3) is 0 Å². The van der Waals surface area contributed by atoms with Crippen molar-refractivity contribution in [1.29, 1.82) is 0 Å². The third kappa shape index (κ3) is 3.66. The van der Waals surface area contributed by atoms with Crippen LogP contribution in [0.25, 0.3) is 0 Å². The van der Waals surface area contributed by atoms with E-state index in [1.165, 1.54) is 0 Å². The third-order valence-electron chi connectivity index (χ3n) is 2.49. The normalized spacial score (nSPS) is 14.8. The predicted octanol–water partition coefficient (Wildman–Crippen LogP) is 2.16. The molecular formula is C13H16O3. The number of rotatable bonds is 6. The minimum absolute atomic E-state index is 0.0664. The second-order valence-corrected chi connectivity index (χ2v) is 3.98. The molecule has 0 spiro atoms. The van der Waals surface area contributed by atoms with E-state index in [4.69, 9.17) is 9.47 Å². The Hall–Kier alpha value is -1.35. The number of benzene rings is 1. The van der Waals surface area contributed by atoms with E-state index in [-0.39, 0.29) is 11.9 Å². The lowest BCUT2D eigenvalue weighted by Crippen LogP contribution is -2.11. The van der Waals surface area contributed by atoms with Gasteiger partial charge in [-0.1, -0.05) is 30.3 Å². The van der Waals surface area contributed by atoms with Crippen molar-refractivity contribution in [2.45, 2.75) is 19.4 Å². The van der Waals surface area contributed by atoms with Crippen LogP contribution in [-0.4, -0.2) is 19.2 Å². The van der Waals surface area contributed by atoms with Crippen LogP contribution in [0.1, 0.15) is 18.4 Å². The first kappa shape index (κ1) is 11.1. The minimum atomic E-state index is -0.0664. The molecule has 0 aromatic heterocycles. The van der Waals surface area contributed by atoms with Crippen molar-refractivity contribution in [1.82, 2.24) is 0 Å². The number of carbonyl (C=O) groups is 1. The molecule has 0 amide bonds. The molecule has 0 aliphatic heterocycles. The van der Waals surface area contributed by atoms with E-state index in [0.717, 1.165) is 18.4 Å². The molecule has 3 nitrogen and oxygen atoms in total. The molecule has 0 saturated heterocycles. The van der Waals surface area contributed by atoms with Gasteiger partial charge in [0.05, 0.1) is 19.1 Å². The van der Waals surface area contributed by atoms with Gasteiger partial charge in [-0.25, -0.2) is 0 Å². The summed E-state index contributed by atoms with van der Waals surface area (Å²) in [4.78, 5) is 11.2. The molecule has 0 bridgehead atoms. The molecule has 0 atom stereocenters. The van der Waals surface area contributed by atoms with Crippen LogP contribution in [0.3, 0.4) is 0 Å². The maximum atomic E-state index is 11.2. The zero-order valence-electron chi connectivity index (χ0n) is 9.22. The smallest absolute Gasteiger partial charge is 0.309 e. The van der Waals surface area contributed by atoms with Crippen LogP contribution in [-0.2, 0) is 20.9 Å². The average Bonchev–Trinajstić information content (AvgIpc) is 3.13. The van der Waals surface area contributed by atoms with E-state index in [1.807, 2.05) is 30.3 Å². The fourth-order valence-corrected chi connectivity index (χ4v) is 1.40. The summed E-state index contributed by atoms with van der Waals surface area (Å²) < 4.78 is 10.4. The quantitative estimate of drug-likeness (QED) is 0.544. The van der Waals surface area contributed by atoms with Gasteiger partial charge in [-0.2, -0.15) is 0 Å². The van der Waals surface area contributed by atoms with Crippen LogP contribution in [0, 0.1) is 5.92 Å². The SMILES string of the molecule is O=C(OCCOCc1ccccc1)C1CC1. The maximum Gasteiger partial charge on any atom is 0.309 e. The second kappa shape index (κ2) is 5.66. The lowest BCUT2D eigenvalue weighted by Gasteiger charge is -2.05. The molecule has 1 fully saturated rings. The maximum absolute atomic E-state index is 11.2. The summed E-state index contributed by atoms with van der Waals surface area (Å²) >= 11 is 0. The molecule has 16 heavy (non-hydrogen) atoms. The molecule has 0 radical (unpaired) electrons. The van der Waals surface area contributed by atoms with Crippen LogP contribution in [0.5, 0.6) is 0 Å². The average molecular weight is 220 g/mol. The van der Waals surface area contributed by atoms with E-state index in [0.29, 0.717) is 19.8 Å². The zero-order valence-corrected chi connectivity index (χ0v) is 9.22. The highest BCUT2D eigenvalue weighted by Gasteiger charge is 2.30. The van der Waals surface area contributed by atoms with Crippen molar-refractivity contribution >= 4 is 5.97 Å². The van der Waals surface area contributed by atoms with Crippen LogP contribution < -0.4 is 0 Å². The Bertz CT molecular complexity index is 330. The molecule has 1 saturated carbocycles. The van der Waals surface area contributed by atoms with Gasteiger partial charge in [-0.3, -0.25) is 4.79 Å². The van der Waals surface area contributed by atoms with Crippen LogP contribution in [0.2, 0.25) is 0 Å². The summed E-state index contributed by atoms with van der Waals surface area (Å²) in [5.74, 6) is 0.109. The molecule has 86 valence electrons. The van der Waals surface area contributed by atoms with Gasteiger partial charge in [0.1, 0.15) is 6.61 Å². The first-order chi connectivity index (χ1) is 7.86. The largest absolute Gasteiger partial charge is 0.463 e. The summed E-state index contributed by atoms with van der Waals surface area (Å²) in [5.41, 5.74) is 1.14. The van der Waals surface area contributed by atoms with E-state index in [2.05, 4.69) is 0 Å². The molecule has 1 aromatic rings. The fourth-order valence-electron chi connectivity index (χ4n) is 1.40. The lowest BCUT2D eigenvalue weighted by molar-refractivity contribution is -0.146. The highest BCUT2D eigenvalue weighted by molar-refractivity contribution is 5.74. The van der Waals surface area contributed by atoms with Crippen molar-refractivity contribution in [3.63, 3.8) is 0 Å². The third-order valence-corrected chi connectivity index (χ3v) is 2.49. The van der Waals surface area contributed by atoms with Crippen molar-refractivity contribution in [2.75, 3.05) is 13.2 Å². The van der Waals surface area contributed by atoms with E-state index < -0.39 is 0 Å². The standard InChI is InChI=1S/C13H16O3/c14-13(12-6-7-12)16-9-8-15-10-11-4-2-1-3-5-11/h1-5,12H,6-10H2. The number of esters is 1. The number of carbonyl (C=O) groups excluding carboxylic acids is 1. The first-order valence-electron chi connectivity index (χ1n) is 5.64. The van der Waals surface area contributed by atoms with E-state index in [1.54, 1.807) is 0 Å². The number of hydrogen-bond acceptors (Lipinski definition) is 3. The highest BCUT2D eigenvalue weighted by Crippen LogP contribution is 2.29. The molecule has 0 heterocycles. The van der Waals surface area contributed by atoms with E-state index >= 15 is 0 Å². The van der Waals surface area contributed by atoms with Gasteiger partial charge in [-0.05, 0) is 18.4 Å². The topological polar surface area (TPSA) is 35.5 Å². The molecule has 1 aliphatic carbocycles. The minimum Gasteiger partial charge on any atom is -0.463 e. The summed E-state index contributed by atoms with van der Waals surface area (Å²) in [6.45, 7) is 1.40. The van der Waals surface area contributed by atoms with Gasteiger partial charge >= 0.3 is 5.97 Å². The van der Waals surface area contributed by atoms with Crippen LogP contribution >= 0.6 is 0 Å². The van der Waals surface area contributed by atoms with Gasteiger partial charge in [0.15, 0.2) is 0 Å². The van der Waals surface area contributed by atoms with Gasteiger partial charge < -0.3 is 9.47 Å². The number of ether oxygens (including phenoxy) is 2. The molecule has 2 rings (SSSR count). The highest BCUT2D eigenvalue weighted by atomic mass is 16.6. The monoisotopic (exact) mass is 220 g/mol. The Labute approximate surface area is 95.4 Å². The Kier molecular flexibility index (Phi) is 3.94. The van der Waals surface area contributed by atoms with E-state index in [9.17, 15) is 4.79 Å². The molecule has 0 N–H and O–H groups in total. The Balaban J connectivity index is 1.53. The predicted molar refractivity (Wildman–Crippen MR) is 59.8 cm³/mol. The summed E-state index contributed by atoms with van der Waals surface area (Å²) in [7, 11) is 0. The summed E-state index contributed by atoms with van der Waals surface area (Å²) in [5, 5.41) is 0. The Morgan fingerprint density at radius 3 is 2.62 bits per heavy atom. The Morgan fingerprint density at radius 1 is 1.19 bits per heavy atom. The van der Waals surface area contributed by atoms with Crippen molar-refractivity contribution in [3.8, 4) is 0 Å². The lowest BCUT2D eigenvalue weighted by atomic mass is 10.2. The summed E-state index contributed by atoms with van der Waals surface area (Å²) in [6, 6.07) is 9.95. The first-order valence-corrected chi connectivity index (χ1v) is 5.64. The summed E-state index contributed by atoms with van der Waals surface area (Å²) in [6.07, 6.45) is 1.98. The molecule has 1 aromatic carbocycles. The van der Waals surface area contributed by atoms with Crippen LogP contribution in [0.4, 0.5) is 0 Å².